The van der Waals surface area contributed by atoms with Gasteiger partial charge in [0.25, 0.3) is 5.91 Å². The number of aromatic hydroxyl groups is 1. The maximum Gasteiger partial charge on any atom is 0.259 e. The molecule has 0 aliphatic rings. The van der Waals surface area contributed by atoms with Crippen molar-refractivity contribution < 1.29 is 9.90 Å². The molecule has 0 spiro atoms. The van der Waals surface area contributed by atoms with Crippen molar-refractivity contribution in [2.24, 2.45) is 5.10 Å². The van der Waals surface area contributed by atoms with Crippen LogP contribution in [0.1, 0.15) is 5.56 Å². The summed E-state index contributed by atoms with van der Waals surface area (Å²) in [4.78, 5) is 11.9. The average molecular weight is 571 g/mol. The molecule has 132 valence electrons. The Bertz CT molecular complexity index is 990. The van der Waals surface area contributed by atoms with E-state index in [-0.39, 0.29) is 18.2 Å². The van der Waals surface area contributed by atoms with Gasteiger partial charge in [-0.15, -0.1) is 0 Å². The number of phenolic OH excluding ortho intramolecular Hbond substituents is 1. The molecule has 0 unspecified atom stereocenters. The number of phenols is 1. The van der Waals surface area contributed by atoms with Crippen molar-refractivity contribution in [1.29, 1.82) is 0 Å². The van der Waals surface area contributed by atoms with Gasteiger partial charge < -0.3 is 10.4 Å². The highest BCUT2D eigenvalue weighted by atomic mass is 127. The number of halogens is 2. The zero-order valence-corrected chi connectivity index (χ0v) is 17.9. The molecule has 5 nitrogen and oxygen atoms in total. The summed E-state index contributed by atoms with van der Waals surface area (Å²) in [5, 5.41) is 19.3. The van der Waals surface area contributed by atoms with Gasteiger partial charge in [-0.05, 0) is 80.2 Å². The average Bonchev–Trinajstić information content (AvgIpc) is 2.63. The number of carbonyl (C=O) groups excluding carboxylic acids is 1. The van der Waals surface area contributed by atoms with Crippen LogP contribution in [-0.4, -0.2) is 23.8 Å². The number of nitrogens with one attached hydrogen (secondary N) is 2. The van der Waals surface area contributed by atoms with Crippen molar-refractivity contribution in [2.45, 2.75) is 0 Å². The predicted molar refractivity (Wildman–Crippen MR) is 122 cm³/mol. The van der Waals surface area contributed by atoms with Crippen LogP contribution >= 0.6 is 45.2 Å². The number of amides is 1. The van der Waals surface area contributed by atoms with Crippen molar-refractivity contribution in [3.05, 3.63) is 67.3 Å². The minimum atomic E-state index is -0.269. The molecule has 0 atom stereocenters. The first-order chi connectivity index (χ1) is 12.5. The molecule has 0 aromatic heterocycles. The van der Waals surface area contributed by atoms with Crippen molar-refractivity contribution in [3.63, 3.8) is 0 Å². The fourth-order valence-corrected chi connectivity index (χ4v) is 4.27. The molecule has 0 fully saturated rings. The number of anilines is 1. The van der Waals surface area contributed by atoms with Crippen molar-refractivity contribution in [3.8, 4) is 5.75 Å². The molecule has 3 aromatic carbocycles. The second kappa shape index (κ2) is 8.67. The van der Waals surface area contributed by atoms with Crippen molar-refractivity contribution in [2.75, 3.05) is 11.9 Å². The van der Waals surface area contributed by atoms with E-state index in [9.17, 15) is 9.90 Å². The van der Waals surface area contributed by atoms with E-state index >= 15 is 0 Å². The van der Waals surface area contributed by atoms with Gasteiger partial charge in [0, 0.05) is 14.8 Å². The molecule has 26 heavy (non-hydrogen) atoms. The van der Waals surface area contributed by atoms with Gasteiger partial charge >= 0.3 is 0 Å². The number of hydrazone groups is 1. The van der Waals surface area contributed by atoms with E-state index in [1.165, 1.54) is 6.21 Å². The molecular weight excluding hydrogens is 556 g/mol. The Morgan fingerprint density at radius 2 is 1.85 bits per heavy atom. The molecule has 0 radical (unpaired) electrons. The third-order valence-electron chi connectivity index (χ3n) is 3.65. The SMILES string of the molecule is O=C(CNc1ccc2ccccc2c1)N/N=C/c1cc(I)cc(I)c1O. The van der Waals surface area contributed by atoms with Gasteiger partial charge in [0.15, 0.2) is 0 Å². The van der Waals surface area contributed by atoms with Crippen LogP contribution in [0.3, 0.4) is 0 Å². The van der Waals surface area contributed by atoms with Gasteiger partial charge in [-0.3, -0.25) is 4.79 Å². The minimum Gasteiger partial charge on any atom is -0.506 e. The van der Waals surface area contributed by atoms with Gasteiger partial charge in [-0.1, -0.05) is 30.3 Å². The molecule has 0 bridgehead atoms. The molecule has 0 saturated carbocycles. The normalized spacial score (nSPS) is 11.0. The highest BCUT2D eigenvalue weighted by molar-refractivity contribution is 14.1. The monoisotopic (exact) mass is 571 g/mol. The lowest BCUT2D eigenvalue weighted by molar-refractivity contribution is -0.119. The topological polar surface area (TPSA) is 73.7 Å². The van der Waals surface area contributed by atoms with Gasteiger partial charge in [-0.25, -0.2) is 5.43 Å². The molecule has 1 amide bonds. The number of fused-ring (bicyclic) bond motifs is 1. The molecular formula is C19H15I2N3O2. The van der Waals surface area contributed by atoms with Gasteiger partial charge in [0.2, 0.25) is 0 Å². The highest BCUT2D eigenvalue weighted by Gasteiger charge is 2.06. The molecule has 0 saturated heterocycles. The summed E-state index contributed by atoms with van der Waals surface area (Å²) >= 11 is 4.22. The number of nitrogens with zero attached hydrogens (tertiary/aromatic N) is 1. The molecule has 0 aliphatic heterocycles. The van der Waals surface area contributed by atoms with Crippen LogP contribution in [0.4, 0.5) is 5.69 Å². The Kier molecular flexibility index (Phi) is 6.30. The van der Waals surface area contributed by atoms with Crippen LogP contribution in [0.25, 0.3) is 10.8 Å². The number of hydrogen-bond donors (Lipinski definition) is 3. The lowest BCUT2D eigenvalue weighted by Gasteiger charge is -2.07. The largest absolute Gasteiger partial charge is 0.506 e. The summed E-state index contributed by atoms with van der Waals surface area (Å²) in [5.74, 6) is -0.118. The lowest BCUT2D eigenvalue weighted by Crippen LogP contribution is -2.25. The van der Waals surface area contributed by atoms with Crippen LogP contribution in [0, 0.1) is 7.14 Å². The first-order valence-electron chi connectivity index (χ1n) is 7.75. The molecule has 3 aromatic rings. The van der Waals surface area contributed by atoms with Crippen LogP contribution in [-0.2, 0) is 4.79 Å². The van der Waals surface area contributed by atoms with Crippen molar-refractivity contribution in [1.82, 2.24) is 5.43 Å². The van der Waals surface area contributed by atoms with Crippen molar-refractivity contribution >= 4 is 73.8 Å². The summed E-state index contributed by atoms with van der Waals surface area (Å²) in [7, 11) is 0. The van der Waals surface area contributed by atoms with E-state index in [0.717, 1.165) is 23.6 Å². The smallest absolute Gasteiger partial charge is 0.259 e. The Morgan fingerprint density at radius 3 is 2.65 bits per heavy atom. The minimum absolute atomic E-state index is 0.103. The zero-order chi connectivity index (χ0) is 18.5. The van der Waals surface area contributed by atoms with E-state index in [0.29, 0.717) is 5.56 Å². The summed E-state index contributed by atoms with van der Waals surface area (Å²) in [5.41, 5.74) is 3.88. The number of carbonyl (C=O) groups is 1. The van der Waals surface area contributed by atoms with Crippen LogP contribution in [0.5, 0.6) is 5.75 Å². The first kappa shape index (κ1) is 18.9. The summed E-state index contributed by atoms with van der Waals surface area (Å²) in [6, 6.07) is 17.6. The third kappa shape index (κ3) is 4.85. The standard InChI is InChI=1S/C19H15I2N3O2/c20-15-7-14(19(26)17(21)9-15)10-23-24-18(25)11-22-16-6-5-12-3-1-2-4-13(12)8-16/h1-10,22,26H,11H2,(H,24,25)/b23-10+. The fraction of sp³-hybridized carbons (Fsp3) is 0.0526. The fourth-order valence-electron chi connectivity index (χ4n) is 2.38. The molecule has 3 rings (SSSR count). The molecule has 0 aliphatic carbocycles. The Labute approximate surface area is 178 Å². The third-order valence-corrected chi connectivity index (χ3v) is 5.10. The van der Waals surface area contributed by atoms with E-state index in [2.05, 4.69) is 61.0 Å². The van der Waals surface area contributed by atoms with E-state index in [4.69, 9.17) is 0 Å². The van der Waals surface area contributed by atoms with Gasteiger partial charge in [0.05, 0.1) is 16.3 Å². The summed E-state index contributed by atoms with van der Waals surface area (Å²) in [6.07, 6.45) is 1.44. The maximum atomic E-state index is 11.9. The first-order valence-corrected chi connectivity index (χ1v) is 9.91. The Balaban J connectivity index is 1.57. The number of benzene rings is 3. The van der Waals surface area contributed by atoms with E-state index in [1.54, 1.807) is 6.07 Å². The number of hydrogen-bond acceptors (Lipinski definition) is 4. The Morgan fingerprint density at radius 1 is 1.08 bits per heavy atom. The number of rotatable bonds is 5. The molecule has 0 heterocycles. The quantitative estimate of drug-likeness (QED) is 0.243. The summed E-state index contributed by atoms with van der Waals surface area (Å²) < 4.78 is 1.72. The maximum absolute atomic E-state index is 11.9. The highest BCUT2D eigenvalue weighted by Crippen LogP contribution is 2.25. The van der Waals surface area contributed by atoms with Gasteiger partial charge in [0.1, 0.15) is 5.75 Å². The summed E-state index contributed by atoms with van der Waals surface area (Å²) in [6.45, 7) is 0.103. The lowest BCUT2D eigenvalue weighted by atomic mass is 10.1. The zero-order valence-electron chi connectivity index (χ0n) is 13.5. The Hall–Kier alpha value is -1.88. The van der Waals surface area contributed by atoms with Crippen LogP contribution in [0.2, 0.25) is 0 Å². The van der Waals surface area contributed by atoms with E-state index in [1.807, 2.05) is 48.5 Å². The van der Waals surface area contributed by atoms with E-state index < -0.39 is 0 Å². The van der Waals surface area contributed by atoms with Gasteiger partial charge in [-0.2, -0.15) is 5.10 Å². The molecule has 7 heteroatoms. The predicted octanol–water partition coefficient (Wildman–Crippen LogP) is 4.32. The van der Waals surface area contributed by atoms with Crippen LogP contribution < -0.4 is 10.7 Å². The molecule has 3 N–H and O–H groups in total. The van der Waals surface area contributed by atoms with Crippen LogP contribution in [0.15, 0.2) is 59.7 Å². The second-order valence-corrected chi connectivity index (χ2v) is 7.94. The second-order valence-electron chi connectivity index (χ2n) is 5.53.